The van der Waals surface area contributed by atoms with Gasteiger partial charge in [-0.15, -0.1) is 0 Å². The molecule has 3 aromatic rings. The normalized spacial score (nSPS) is 11.8. The highest BCUT2D eigenvalue weighted by Gasteiger charge is 2.27. The van der Waals surface area contributed by atoms with E-state index in [9.17, 15) is 9.59 Å². The monoisotopic (exact) mass is 510 g/mol. The van der Waals surface area contributed by atoms with Crippen LogP contribution in [0.25, 0.3) is 10.8 Å². The number of rotatable bonds is 10. The molecule has 0 aromatic heterocycles. The minimum Gasteiger partial charge on any atom is -0.483 e. The van der Waals surface area contributed by atoms with Crippen molar-refractivity contribution < 1.29 is 14.3 Å². The molecule has 3 aromatic carbocycles. The second kappa shape index (κ2) is 11.8. The molecule has 2 amide bonds. The van der Waals surface area contributed by atoms with Crippen molar-refractivity contribution in [3.63, 3.8) is 0 Å². The fourth-order valence-corrected chi connectivity index (χ4v) is 4.24. The van der Waals surface area contributed by atoms with E-state index in [1.165, 1.54) is 0 Å². The lowest BCUT2D eigenvalue weighted by atomic mass is 10.1. The van der Waals surface area contributed by atoms with Crippen molar-refractivity contribution in [3.05, 3.63) is 76.3 Å². The lowest BCUT2D eigenvalue weighted by molar-refractivity contribution is -0.142. The third kappa shape index (κ3) is 6.35. The SMILES string of the molecule is CCCCNC(=O)[C@@H](C)N(Cc1ccccc1C)C(=O)COc1ccc2ccccc2c1Br. The van der Waals surface area contributed by atoms with Gasteiger partial charge in [-0.05, 0) is 64.2 Å². The summed E-state index contributed by atoms with van der Waals surface area (Å²) in [6.07, 6.45) is 1.90. The van der Waals surface area contributed by atoms with E-state index in [1.807, 2.05) is 67.6 Å². The van der Waals surface area contributed by atoms with Gasteiger partial charge < -0.3 is 15.0 Å². The molecule has 0 saturated heterocycles. The zero-order chi connectivity index (χ0) is 23.8. The van der Waals surface area contributed by atoms with Crippen LogP contribution in [-0.2, 0) is 16.1 Å². The van der Waals surface area contributed by atoms with Crippen molar-refractivity contribution in [2.24, 2.45) is 0 Å². The second-order valence-corrected chi connectivity index (χ2v) is 8.95. The zero-order valence-corrected chi connectivity index (χ0v) is 21.0. The highest BCUT2D eigenvalue weighted by Crippen LogP contribution is 2.33. The first-order valence-corrected chi connectivity index (χ1v) is 12.1. The molecule has 174 valence electrons. The molecule has 0 spiro atoms. The summed E-state index contributed by atoms with van der Waals surface area (Å²) < 4.78 is 6.72. The van der Waals surface area contributed by atoms with Crippen LogP contribution in [0.3, 0.4) is 0 Å². The molecule has 1 atom stereocenters. The number of hydrogen-bond acceptors (Lipinski definition) is 3. The third-order valence-electron chi connectivity index (χ3n) is 5.78. The summed E-state index contributed by atoms with van der Waals surface area (Å²) in [4.78, 5) is 27.6. The molecule has 5 nitrogen and oxygen atoms in total. The van der Waals surface area contributed by atoms with Gasteiger partial charge >= 0.3 is 0 Å². The van der Waals surface area contributed by atoms with Crippen LogP contribution in [0.5, 0.6) is 5.75 Å². The largest absolute Gasteiger partial charge is 0.483 e. The van der Waals surface area contributed by atoms with Crippen LogP contribution < -0.4 is 10.1 Å². The number of unbranched alkanes of at least 4 members (excludes halogenated alkanes) is 1. The first-order valence-electron chi connectivity index (χ1n) is 11.3. The van der Waals surface area contributed by atoms with Gasteiger partial charge in [-0.2, -0.15) is 0 Å². The van der Waals surface area contributed by atoms with Crippen LogP contribution in [0.4, 0.5) is 0 Å². The standard InChI is InChI=1S/C27H31BrN2O3/c1-4-5-16-29-27(32)20(3)30(17-22-12-7-6-10-19(22)2)25(31)18-33-24-15-14-21-11-8-9-13-23(21)26(24)28/h6-15,20H,4-5,16-18H2,1-3H3,(H,29,32)/t20-/m1/s1. The van der Waals surface area contributed by atoms with Crippen LogP contribution in [0.15, 0.2) is 65.1 Å². The average Bonchev–Trinajstić information content (AvgIpc) is 2.82. The van der Waals surface area contributed by atoms with Crippen LogP contribution in [0.2, 0.25) is 0 Å². The van der Waals surface area contributed by atoms with Crippen LogP contribution in [0, 0.1) is 6.92 Å². The molecule has 3 rings (SSSR count). The predicted octanol–water partition coefficient (Wildman–Crippen LogP) is 5.62. The van der Waals surface area contributed by atoms with E-state index in [2.05, 4.69) is 28.2 Å². The average molecular weight is 511 g/mol. The number of fused-ring (bicyclic) bond motifs is 1. The Hall–Kier alpha value is -2.86. The summed E-state index contributed by atoms with van der Waals surface area (Å²) in [5.41, 5.74) is 2.08. The Bertz CT molecular complexity index is 1120. The number of ether oxygens (including phenoxy) is 1. The molecule has 0 fully saturated rings. The number of nitrogens with zero attached hydrogens (tertiary/aromatic N) is 1. The molecule has 0 saturated carbocycles. The van der Waals surface area contributed by atoms with Gasteiger partial charge in [-0.25, -0.2) is 0 Å². The summed E-state index contributed by atoms with van der Waals surface area (Å²) in [5.74, 6) is 0.201. The van der Waals surface area contributed by atoms with Crippen molar-refractivity contribution in [2.45, 2.75) is 46.2 Å². The molecule has 0 bridgehead atoms. The predicted molar refractivity (Wildman–Crippen MR) is 136 cm³/mol. The van der Waals surface area contributed by atoms with E-state index in [0.717, 1.165) is 39.2 Å². The molecule has 0 aliphatic carbocycles. The Morgan fingerprint density at radius 3 is 2.55 bits per heavy atom. The Morgan fingerprint density at radius 2 is 1.79 bits per heavy atom. The number of carbonyl (C=O) groups is 2. The smallest absolute Gasteiger partial charge is 0.261 e. The lowest BCUT2D eigenvalue weighted by Gasteiger charge is -2.29. The minimum absolute atomic E-state index is 0.155. The Kier molecular flexibility index (Phi) is 8.89. The van der Waals surface area contributed by atoms with E-state index in [-0.39, 0.29) is 18.4 Å². The van der Waals surface area contributed by atoms with E-state index in [1.54, 1.807) is 11.8 Å². The molecule has 0 unspecified atom stereocenters. The van der Waals surface area contributed by atoms with E-state index < -0.39 is 6.04 Å². The Balaban J connectivity index is 1.77. The highest BCUT2D eigenvalue weighted by atomic mass is 79.9. The van der Waals surface area contributed by atoms with Crippen molar-refractivity contribution >= 4 is 38.5 Å². The summed E-state index contributed by atoms with van der Waals surface area (Å²) in [6, 6.07) is 19.1. The number of amides is 2. The first kappa shape index (κ1) is 24.8. The van der Waals surface area contributed by atoms with Crippen molar-refractivity contribution in [2.75, 3.05) is 13.2 Å². The van der Waals surface area contributed by atoms with E-state index in [4.69, 9.17) is 4.74 Å². The molecule has 0 aliphatic rings. The number of carbonyl (C=O) groups excluding carboxylic acids is 2. The molecular formula is C27H31BrN2O3. The molecule has 0 radical (unpaired) electrons. The molecule has 33 heavy (non-hydrogen) atoms. The van der Waals surface area contributed by atoms with Crippen LogP contribution >= 0.6 is 15.9 Å². The number of hydrogen-bond donors (Lipinski definition) is 1. The fraction of sp³-hybridized carbons (Fsp3) is 0.333. The van der Waals surface area contributed by atoms with E-state index in [0.29, 0.717) is 18.8 Å². The molecule has 0 aliphatic heterocycles. The number of aryl methyl sites for hydroxylation is 1. The summed E-state index contributed by atoms with van der Waals surface area (Å²) >= 11 is 3.61. The zero-order valence-electron chi connectivity index (χ0n) is 19.4. The van der Waals surface area contributed by atoms with Crippen molar-refractivity contribution in [3.8, 4) is 5.75 Å². The topological polar surface area (TPSA) is 58.6 Å². The van der Waals surface area contributed by atoms with Gasteiger partial charge in [-0.1, -0.05) is 67.9 Å². The summed E-state index contributed by atoms with van der Waals surface area (Å²) in [7, 11) is 0. The maximum absolute atomic E-state index is 13.3. The van der Waals surface area contributed by atoms with Gasteiger partial charge in [0.05, 0.1) is 4.47 Å². The van der Waals surface area contributed by atoms with Gasteiger partial charge in [0.1, 0.15) is 11.8 Å². The number of halogens is 1. The molecule has 6 heteroatoms. The fourth-order valence-electron chi connectivity index (χ4n) is 3.64. The maximum atomic E-state index is 13.3. The van der Waals surface area contributed by atoms with Gasteiger partial charge in [-0.3, -0.25) is 9.59 Å². The lowest BCUT2D eigenvalue weighted by Crippen LogP contribution is -2.49. The van der Waals surface area contributed by atoms with Gasteiger partial charge in [0, 0.05) is 13.1 Å². The summed E-state index contributed by atoms with van der Waals surface area (Å²) in [6.45, 7) is 6.64. The Morgan fingerprint density at radius 1 is 1.06 bits per heavy atom. The highest BCUT2D eigenvalue weighted by molar-refractivity contribution is 9.10. The van der Waals surface area contributed by atoms with Gasteiger partial charge in [0.2, 0.25) is 5.91 Å². The van der Waals surface area contributed by atoms with Crippen LogP contribution in [-0.4, -0.2) is 35.9 Å². The molecule has 0 heterocycles. The number of nitrogens with one attached hydrogen (secondary N) is 1. The van der Waals surface area contributed by atoms with Gasteiger partial charge in [0.15, 0.2) is 6.61 Å². The summed E-state index contributed by atoms with van der Waals surface area (Å²) in [5, 5.41) is 5.04. The maximum Gasteiger partial charge on any atom is 0.261 e. The Labute approximate surface area is 204 Å². The number of benzene rings is 3. The molecule has 1 N–H and O–H groups in total. The van der Waals surface area contributed by atoms with Crippen molar-refractivity contribution in [1.82, 2.24) is 10.2 Å². The minimum atomic E-state index is -0.613. The van der Waals surface area contributed by atoms with Gasteiger partial charge in [0.25, 0.3) is 5.91 Å². The quantitative estimate of drug-likeness (QED) is 0.360. The third-order valence-corrected chi connectivity index (χ3v) is 6.60. The first-order chi connectivity index (χ1) is 15.9. The van der Waals surface area contributed by atoms with Crippen LogP contribution in [0.1, 0.15) is 37.8 Å². The van der Waals surface area contributed by atoms with Crippen molar-refractivity contribution in [1.29, 1.82) is 0 Å². The van der Waals surface area contributed by atoms with E-state index >= 15 is 0 Å². The molecular weight excluding hydrogens is 480 g/mol. The second-order valence-electron chi connectivity index (χ2n) is 8.16.